The van der Waals surface area contributed by atoms with Crippen molar-refractivity contribution < 1.29 is 23.8 Å². The summed E-state index contributed by atoms with van der Waals surface area (Å²) in [7, 11) is 3.16. The predicted octanol–water partition coefficient (Wildman–Crippen LogP) is 1.03. The Hall–Kier alpha value is -2.32. The number of rotatable bonds is 8. The van der Waals surface area contributed by atoms with Crippen LogP contribution in [0.4, 0.5) is 0 Å². The first-order valence-corrected chi connectivity index (χ1v) is 10.2. The van der Waals surface area contributed by atoms with Gasteiger partial charge in [-0.15, -0.1) is 0 Å². The third kappa shape index (κ3) is 5.61. The summed E-state index contributed by atoms with van der Waals surface area (Å²) in [6.07, 6.45) is 3.72. The number of ether oxygens (including phenoxy) is 3. The topological polar surface area (TPSA) is 80.3 Å². The third-order valence-corrected chi connectivity index (χ3v) is 5.51. The number of nitrogens with one attached hydrogen (secondary N) is 1. The predicted molar refractivity (Wildman–Crippen MR) is 108 cm³/mol. The van der Waals surface area contributed by atoms with Crippen LogP contribution >= 0.6 is 0 Å². The maximum absolute atomic E-state index is 12.8. The van der Waals surface area contributed by atoms with Crippen LogP contribution in [0.3, 0.4) is 0 Å². The Morgan fingerprint density at radius 3 is 2.72 bits per heavy atom. The fraction of sp³-hybridized carbons (Fsp3) is 0.619. The minimum atomic E-state index is -0.649. The number of nitrogens with zero attached hydrogens (tertiary/aromatic N) is 2. The van der Waals surface area contributed by atoms with Gasteiger partial charge < -0.3 is 29.3 Å². The van der Waals surface area contributed by atoms with Crippen molar-refractivity contribution in [2.45, 2.75) is 31.8 Å². The maximum atomic E-state index is 12.8. The van der Waals surface area contributed by atoms with E-state index in [4.69, 9.17) is 14.2 Å². The van der Waals surface area contributed by atoms with Gasteiger partial charge in [0.2, 0.25) is 11.8 Å². The number of methoxy groups -OCH3 is 2. The van der Waals surface area contributed by atoms with Crippen molar-refractivity contribution in [3.63, 3.8) is 0 Å². The van der Waals surface area contributed by atoms with Crippen molar-refractivity contribution in [1.82, 2.24) is 15.1 Å². The second-order valence-electron chi connectivity index (χ2n) is 7.42. The zero-order valence-electron chi connectivity index (χ0n) is 17.3. The molecule has 2 aliphatic rings. The molecule has 0 saturated carbocycles. The van der Waals surface area contributed by atoms with E-state index in [0.29, 0.717) is 18.0 Å². The first kappa shape index (κ1) is 21.4. The van der Waals surface area contributed by atoms with E-state index in [1.807, 2.05) is 12.1 Å². The molecule has 0 spiro atoms. The van der Waals surface area contributed by atoms with Crippen LogP contribution in [0.2, 0.25) is 0 Å². The number of hydrogen-bond acceptors (Lipinski definition) is 6. The van der Waals surface area contributed by atoms with Crippen molar-refractivity contribution in [1.29, 1.82) is 0 Å². The second kappa shape index (κ2) is 10.5. The van der Waals surface area contributed by atoms with E-state index in [1.54, 1.807) is 25.2 Å². The molecule has 2 fully saturated rings. The maximum Gasteiger partial charge on any atom is 0.249 e. The molecule has 1 aromatic carbocycles. The Kier molecular flexibility index (Phi) is 7.71. The van der Waals surface area contributed by atoms with Gasteiger partial charge in [0.15, 0.2) is 0 Å². The second-order valence-corrected chi connectivity index (χ2v) is 7.42. The smallest absolute Gasteiger partial charge is 0.249 e. The van der Waals surface area contributed by atoms with E-state index in [2.05, 4.69) is 10.2 Å². The van der Waals surface area contributed by atoms with E-state index in [0.717, 1.165) is 25.2 Å². The van der Waals surface area contributed by atoms with Crippen LogP contribution in [0.5, 0.6) is 11.5 Å². The summed E-state index contributed by atoms with van der Waals surface area (Å²) in [6.45, 7) is 4.03. The van der Waals surface area contributed by atoms with Gasteiger partial charge in [-0.2, -0.15) is 0 Å². The molecule has 0 radical (unpaired) electrons. The van der Waals surface area contributed by atoms with Gasteiger partial charge in [-0.05, 0) is 38.1 Å². The molecule has 0 bridgehead atoms. The summed E-state index contributed by atoms with van der Waals surface area (Å²) >= 11 is 0. The first-order valence-electron chi connectivity index (χ1n) is 10.2. The lowest BCUT2D eigenvalue weighted by molar-refractivity contribution is -0.155. The van der Waals surface area contributed by atoms with Crippen molar-refractivity contribution in [3.05, 3.63) is 23.8 Å². The quantitative estimate of drug-likeness (QED) is 0.696. The highest BCUT2D eigenvalue weighted by Gasteiger charge is 2.34. The van der Waals surface area contributed by atoms with Gasteiger partial charge in [0, 0.05) is 24.7 Å². The van der Waals surface area contributed by atoms with E-state index < -0.39 is 6.04 Å². The Labute approximate surface area is 172 Å². The van der Waals surface area contributed by atoms with Crippen LogP contribution in [-0.2, 0) is 20.9 Å². The van der Waals surface area contributed by atoms with Gasteiger partial charge in [0.1, 0.15) is 24.1 Å². The molecule has 0 aliphatic carbocycles. The fourth-order valence-electron chi connectivity index (χ4n) is 3.82. The number of piperidine rings is 1. The van der Waals surface area contributed by atoms with Gasteiger partial charge in [-0.1, -0.05) is 6.42 Å². The van der Waals surface area contributed by atoms with E-state index in [-0.39, 0.29) is 31.6 Å². The lowest BCUT2D eigenvalue weighted by Crippen LogP contribution is -2.56. The van der Waals surface area contributed by atoms with Crippen molar-refractivity contribution in [2.75, 3.05) is 53.6 Å². The lowest BCUT2D eigenvalue weighted by Gasteiger charge is -2.35. The van der Waals surface area contributed by atoms with E-state index in [1.165, 1.54) is 19.3 Å². The van der Waals surface area contributed by atoms with Crippen LogP contribution in [0.1, 0.15) is 24.8 Å². The summed E-state index contributed by atoms with van der Waals surface area (Å²) in [6, 6.07) is 4.79. The summed E-state index contributed by atoms with van der Waals surface area (Å²) in [5.41, 5.74) is 0.815. The van der Waals surface area contributed by atoms with Gasteiger partial charge >= 0.3 is 0 Å². The van der Waals surface area contributed by atoms with Gasteiger partial charge in [-0.3, -0.25) is 9.59 Å². The van der Waals surface area contributed by atoms with Crippen LogP contribution in [-0.4, -0.2) is 81.3 Å². The number of hydrogen-bond donors (Lipinski definition) is 1. The molecule has 160 valence electrons. The molecule has 0 aromatic heterocycles. The van der Waals surface area contributed by atoms with Crippen molar-refractivity contribution in [2.24, 2.45) is 0 Å². The summed E-state index contributed by atoms with van der Waals surface area (Å²) in [4.78, 5) is 29.2. The zero-order valence-corrected chi connectivity index (χ0v) is 17.3. The van der Waals surface area contributed by atoms with Gasteiger partial charge in [-0.25, -0.2) is 0 Å². The number of amides is 2. The van der Waals surface area contributed by atoms with Crippen LogP contribution in [0.25, 0.3) is 0 Å². The summed E-state index contributed by atoms with van der Waals surface area (Å²) in [5, 5.41) is 2.98. The number of carbonyl (C=O) groups is 2. The number of likely N-dealkylation sites (tertiary alicyclic amines) is 1. The molecule has 1 aromatic rings. The normalized spacial score (nSPS) is 20.4. The molecular weight excluding hydrogens is 374 g/mol. The largest absolute Gasteiger partial charge is 0.497 e. The Bertz CT molecular complexity index is 706. The molecule has 2 saturated heterocycles. The number of morpholine rings is 1. The van der Waals surface area contributed by atoms with Gasteiger partial charge in [0.25, 0.3) is 0 Å². The average molecular weight is 405 g/mol. The van der Waals surface area contributed by atoms with Crippen LogP contribution in [0, 0.1) is 0 Å². The number of carbonyl (C=O) groups excluding carboxylic acids is 2. The highest BCUT2D eigenvalue weighted by Crippen LogP contribution is 2.27. The molecule has 2 amide bonds. The van der Waals surface area contributed by atoms with Gasteiger partial charge in [0.05, 0.1) is 27.4 Å². The standard InChI is InChI=1S/C21H31N3O5/c1-27-17-7-6-16(19(12-17)28-2)13-24-18(14-29-15-20(24)25)21(26)22-8-11-23-9-4-3-5-10-23/h6-7,12,18H,3-5,8-11,13-15H2,1-2H3,(H,22,26)/t18-/m0/s1. The SMILES string of the molecule is COc1ccc(CN2C(=O)COC[C@H]2C(=O)NCCN2CCCCC2)c(OC)c1. The molecule has 1 atom stereocenters. The highest BCUT2D eigenvalue weighted by molar-refractivity contribution is 5.89. The fourth-order valence-corrected chi connectivity index (χ4v) is 3.82. The molecule has 2 aliphatic heterocycles. The third-order valence-electron chi connectivity index (χ3n) is 5.51. The Morgan fingerprint density at radius 2 is 2.00 bits per heavy atom. The van der Waals surface area contributed by atoms with E-state index >= 15 is 0 Å². The minimum Gasteiger partial charge on any atom is -0.497 e. The molecule has 2 heterocycles. The molecule has 29 heavy (non-hydrogen) atoms. The first-order chi connectivity index (χ1) is 14.1. The molecule has 0 unspecified atom stereocenters. The number of benzene rings is 1. The van der Waals surface area contributed by atoms with Crippen molar-refractivity contribution in [3.8, 4) is 11.5 Å². The summed E-state index contributed by atoms with van der Waals surface area (Å²) in [5.74, 6) is 0.909. The molecule has 1 N–H and O–H groups in total. The molecular formula is C21H31N3O5. The average Bonchev–Trinajstić information content (AvgIpc) is 2.76. The summed E-state index contributed by atoms with van der Waals surface area (Å²) < 4.78 is 16.0. The van der Waals surface area contributed by atoms with E-state index in [9.17, 15) is 9.59 Å². The monoisotopic (exact) mass is 405 g/mol. The zero-order chi connectivity index (χ0) is 20.6. The van der Waals surface area contributed by atoms with Crippen LogP contribution in [0.15, 0.2) is 18.2 Å². The Morgan fingerprint density at radius 1 is 1.21 bits per heavy atom. The van der Waals surface area contributed by atoms with Crippen LogP contribution < -0.4 is 14.8 Å². The molecule has 8 nitrogen and oxygen atoms in total. The minimum absolute atomic E-state index is 0.0178. The van der Waals surface area contributed by atoms with Crippen molar-refractivity contribution >= 4 is 11.8 Å². The Balaban J connectivity index is 1.62. The highest BCUT2D eigenvalue weighted by atomic mass is 16.5. The molecule has 3 rings (SSSR count). The molecule has 8 heteroatoms. The lowest BCUT2D eigenvalue weighted by atomic mass is 10.1.